The first-order chi connectivity index (χ1) is 10.3. The van der Waals surface area contributed by atoms with Crippen LogP contribution in [-0.4, -0.2) is 29.3 Å². The van der Waals surface area contributed by atoms with Crippen LogP contribution in [0.2, 0.25) is 0 Å². The van der Waals surface area contributed by atoms with Crippen LogP contribution in [0.15, 0.2) is 34.2 Å². The molecule has 5 nitrogen and oxygen atoms in total. The average molecular weight is 306 g/mol. The molecule has 6 heteroatoms. The highest BCUT2D eigenvalue weighted by molar-refractivity contribution is 7.98. The SMILES string of the molecule is CCN(CC)c1nc(SC)ncc1CNCc1ccco1. The Bertz CT molecular complexity index is 541. The first-order valence-corrected chi connectivity index (χ1v) is 8.38. The molecule has 2 rings (SSSR count). The van der Waals surface area contributed by atoms with Gasteiger partial charge in [-0.05, 0) is 32.2 Å². The van der Waals surface area contributed by atoms with Gasteiger partial charge in [-0.2, -0.15) is 0 Å². The Kier molecular flexibility index (Phi) is 6.07. The van der Waals surface area contributed by atoms with E-state index in [0.717, 1.165) is 41.9 Å². The molecule has 0 aliphatic rings. The molecule has 114 valence electrons. The average Bonchev–Trinajstić information content (AvgIpc) is 3.03. The van der Waals surface area contributed by atoms with Crippen molar-refractivity contribution in [3.05, 3.63) is 35.9 Å². The predicted molar refractivity (Wildman–Crippen MR) is 86.6 cm³/mol. The van der Waals surface area contributed by atoms with Gasteiger partial charge in [-0.25, -0.2) is 9.97 Å². The molecule has 0 saturated heterocycles. The molecule has 0 aliphatic carbocycles. The zero-order chi connectivity index (χ0) is 15.1. The molecule has 21 heavy (non-hydrogen) atoms. The van der Waals surface area contributed by atoms with Crippen LogP contribution in [-0.2, 0) is 13.1 Å². The number of anilines is 1. The van der Waals surface area contributed by atoms with Crippen LogP contribution >= 0.6 is 11.8 Å². The zero-order valence-electron chi connectivity index (χ0n) is 12.8. The van der Waals surface area contributed by atoms with Crippen molar-refractivity contribution in [2.75, 3.05) is 24.2 Å². The fourth-order valence-electron chi connectivity index (χ4n) is 2.14. The third-order valence-electron chi connectivity index (χ3n) is 3.26. The van der Waals surface area contributed by atoms with E-state index in [-0.39, 0.29) is 0 Å². The lowest BCUT2D eigenvalue weighted by molar-refractivity contribution is 0.482. The Morgan fingerprint density at radius 1 is 1.29 bits per heavy atom. The summed E-state index contributed by atoms with van der Waals surface area (Å²) in [7, 11) is 0. The summed E-state index contributed by atoms with van der Waals surface area (Å²) < 4.78 is 5.32. The molecule has 0 fully saturated rings. The van der Waals surface area contributed by atoms with Gasteiger partial charge in [-0.1, -0.05) is 11.8 Å². The monoisotopic (exact) mass is 306 g/mol. The normalized spacial score (nSPS) is 10.8. The maximum atomic E-state index is 5.32. The molecule has 0 radical (unpaired) electrons. The Morgan fingerprint density at radius 3 is 2.71 bits per heavy atom. The second-order valence-corrected chi connectivity index (χ2v) is 5.33. The first-order valence-electron chi connectivity index (χ1n) is 7.16. The number of hydrogen-bond acceptors (Lipinski definition) is 6. The number of furan rings is 1. The minimum absolute atomic E-state index is 0.703. The van der Waals surface area contributed by atoms with Crippen molar-refractivity contribution in [3.63, 3.8) is 0 Å². The lowest BCUT2D eigenvalue weighted by Crippen LogP contribution is -2.26. The quantitative estimate of drug-likeness (QED) is 0.598. The Hall–Kier alpha value is -1.53. The van der Waals surface area contributed by atoms with Gasteiger partial charge in [0.2, 0.25) is 0 Å². The van der Waals surface area contributed by atoms with E-state index in [9.17, 15) is 0 Å². The van der Waals surface area contributed by atoms with Crippen LogP contribution in [0.1, 0.15) is 25.2 Å². The van der Waals surface area contributed by atoms with Crippen molar-refractivity contribution in [2.45, 2.75) is 32.1 Å². The summed E-state index contributed by atoms with van der Waals surface area (Å²) in [6.07, 6.45) is 5.60. The highest BCUT2D eigenvalue weighted by atomic mass is 32.2. The maximum Gasteiger partial charge on any atom is 0.189 e. The molecule has 2 aromatic rings. The Morgan fingerprint density at radius 2 is 2.10 bits per heavy atom. The third kappa shape index (κ3) is 4.22. The number of nitrogens with one attached hydrogen (secondary N) is 1. The molecule has 0 aliphatic heterocycles. The van der Waals surface area contributed by atoms with Crippen LogP contribution < -0.4 is 10.2 Å². The molecular weight excluding hydrogens is 284 g/mol. The predicted octanol–water partition coefficient (Wildman–Crippen LogP) is 2.93. The molecule has 0 spiro atoms. The lowest BCUT2D eigenvalue weighted by Gasteiger charge is -2.23. The van der Waals surface area contributed by atoms with E-state index < -0.39 is 0 Å². The molecule has 0 bridgehead atoms. The largest absolute Gasteiger partial charge is 0.468 e. The molecule has 2 aromatic heterocycles. The third-order valence-corrected chi connectivity index (χ3v) is 3.82. The van der Waals surface area contributed by atoms with Gasteiger partial charge < -0.3 is 14.6 Å². The van der Waals surface area contributed by atoms with E-state index in [4.69, 9.17) is 4.42 Å². The van der Waals surface area contributed by atoms with Gasteiger partial charge in [0.25, 0.3) is 0 Å². The van der Waals surface area contributed by atoms with Crippen molar-refractivity contribution in [1.82, 2.24) is 15.3 Å². The van der Waals surface area contributed by atoms with E-state index in [1.165, 1.54) is 0 Å². The molecule has 0 amide bonds. The van der Waals surface area contributed by atoms with Crippen LogP contribution in [0, 0.1) is 0 Å². The van der Waals surface area contributed by atoms with Crippen molar-refractivity contribution in [1.29, 1.82) is 0 Å². The van der Waals surface area contributed by atoms with E-state index in [1.54, 1.807) is 18.0 Å². The van der Waals surface area contributed by atoms with Crippen LogP contribution in [0.25, 0.3) is 0 Å². The summed E-state index contributed by atoms with van der Waals surface area (Å²) in [5.41, 5.74) is 1.11. The fraction of sp³-hybridized carbons (Fsp3) is 0.467. The summed E-state index contributed by atoms with van der Waals surface area (Å²) >= 11 is 1.57. The van der Waals surface area contributed by atoms with Crippen LogP contribution in [0.3, 0.4) is 0 Å². The van der Waals surface area contributed by atoms with Crippen molar-refractivity contribution < 1.29 is 4.42 Å². The number of nitrogens with zero attached hydrogens (tertiary/aromatic N) is 3. The molecule has 0 aromatic carbocycles. The Balaban J connectivity index is 2.09. The van der Waals surface area contributed by atoms with Crippen molar-refractivity contribution in [3.8, 4) is 0 Å². The summed E-state index contributed by atoms with van der Waals surface area (Å²) in [6.45, 7) is 7.59. The molecule has 0 unspecified atom stereocenters. The maximum absolute atomic E-state index is 5.32. The zero-order valence-corrected chi connectivity index (χ0v) is 13.6. The van der Waals surface area contributed by atoms with Gasteiger partial charge in [0.1, 0.15) is 11.6 Å². The second-order valence-electron chi connectivity index (χ2n) is 4.56. The van der Waals surface area contributed by atoms with Gasteiger partial charge in [0.05, 0.1) is 12.8 Å². The fourth-order valence-corrected chi connectivity index (χ4v) is 2.47. The minimum atomic E-state index is 0.703. The van der Waals surface area contributed by atoms with Gasteiger partial charge in [-0.15, -0.1) is 0 Å². The van der Waals surface area contributed by atoms with E-state index in [1.807, 2.05) is 24.6 Å². The number of aromatic nitrogens is 2. The molecule has 0 saturated carbocycles. The van der Waals surface area contributed by atoms with Gasteiger partial charge in [-0.3, -0.25) is 0 Å². The topological polar surface area (TPSA) is 54.2 Å². The van der Waals surface area contributed by atoms with Gasteiger partial charge in [0.15, 0.2) is 5.16 Å². The van der Waals surface area contributed by atoms with Crippen LogP contribution in [0.5, 0.6) is 0 Å². The van der Waals surface area contributed by atoms with E-state index in [0.29, 0.717) is 6.54 Å². The molecular formula is C15H22N4OS. The standard InChI is InChI=1S/C15H22N4OS/c1-4-19(5-2)14-12(10-17-15(18-14)21-3)9-16-11-13-7-6-8-20-13/h6-8,10,16H,4-5,9,11H2,1-3H3. The lowest BCUT2D eigenvalue weighted by atomic mass is 10.2. The van der Waals surface area contributed by atoms with Crippen molar-refractivity contribution >= 4 is 17.6 Å². The first kappa shape index (κ1) is 15.9. The van der Waals surface area contributed by atoms with E-state index in [2.05, 4.69) is 34.0 Å². The second kappa shape index (κ2) is 8.05. The Labute approximate surface area is 130 Å². The van der Waals surface area contributed by atoms with E-state index >= 15 is 0 Å². The number of hydrogen-bond donors (Lipinski definition) is 1. The number of thioether (sulfide) groups is 1. The molecule has 2 heterocycles. The smallest absolute Gasteiger partial charge is 0.189 e. The molecule has 0 atom stereocenters. The number of rotatable bonds is 8. The highest BCUT2D eigenvalue weighted by Crippen LogP contribution is 2.20. The minimum Gasteiger partial charge on any atom is -0.468 e. The van der Waals surface area contributed by atoms with Crippen molar-refractivity contribution in [2.24, 2.45) is 0 Å². The highest BCUT2D eigenvalue weighted by Gasteiger charge is 2.12. The molecule has 1 N–H and O–H groups in total. The van der Waals surface area contributed by atoms with Gasteiger partial charge in [0, 0.05) is 31.4 Å². The van der Waals surface area contributed by atoms with Gasteiger partial charge >= 0.3 is 0 Å². The summed E-state index contributed by atoms with van der Waals surface area (Å²) in [4.78, 5) is 11.3. The van der Waals surface area contributed by atoms with Crippen LogP contribution in [0.4, 0.5) is 5.82 Å². The summed E-state index contributed by atoms with van der Waals surface area (Å²) in [5, 5.41) is 4.19. The summed E-state index contributed by atoms with van der Waals surface area (Å²) in [6, 6.07) is 3.86. The summed E-state index contributed by atoms with van der Waals surface area (Å²) in [5.74, 6) is 1.95.